The van der Waals surface area contributed by atoms with Crippen molar-refractivity contribution in [3.8, 4) is 33.9 Å². The predicted molar refractivity (Wildman–Crippen MR) is 127 cm³/mol. The Hall–Kier alpha value is -3.32. The van der Waals surface area contributed by atoms with Crippen LogP contribution in [-0.2, 0) is 13.0 Å². The van der Waals surface area contributed by atoms with E-state index in [1.807, 2.05) is 26.0 Å². The Balaban J connectivity index is 1.75. The van der Waals surface area contributed by atoms with Crippen LogP contribution in [-0.4, -0.2) is 45.8 Å². The lowest BCUT2D eigenvalue weighted by molar-refractivity contribution is 0.0947. The highest BCUT2D eigenvalue weighted by atomic mass is 16.5. The van der Waals surface area contributed by atoms with Crippen molar-refractivity contribution < 1.29 is 19.5 Å². The molecular weight excluding hydrogens is 418 g/mol. The first kappa shape index (κ1) is 22.9. The third kappa shape index (κ3) is 4.88. The maximum atomic E-state index is 12.7. The summed E-state index contributed by atoms with van der Waals surface area (Å²) in [5.41, 5.74) is 3.73. The fourth-order valence-corrected chi connectivity index (χ4v) is 4.38. The first-order valence-electron chi connectivity index (χ1n) is 11.7. The molecule has 1 aliphatic rings. The number of aryl methyl sites for hydroxylation is 1. The molecule has 0 saturated carbocycles. The summed E-state index contributed by atoms with van der Waals surface area (Å²) in [6.07, 6.45) is 4.37. The van der Waals surface area contributed by atoms with Gasteiger partial charge in [-0.15, -0.1) is 0 Å². The van der Waals surface area contributed by atoms with Gasteiger partial charge in [-0.25, -0.2) is 0 Å². The summed E-state index contributed by atoms with van der Waals surface area (Å²) >= 11 is 0. The maximum absolute atomic E-state index is 12.7. The van der Waals surface area contributed by atoms with Gasteiger partial charge in [-0.3, -0.25) is 9.69 Å². The molecule has 0 spiro atoms. The molecule has 1 amide bonds. The number of aromatic hydroxyl groups is 2. The SMILES string of the molecule is CCNC(=O)c1noc(-c2cc(CC)c(O)cc2O)c1-c1ccc(CN2CCCCC2)cc1. The minimum absolute atomic E-state index is 0.0193. The zero-order valence-electron chi connectivity index (χ0n) is 19.2. The second-order valence-electron chi connectivity index (χ2n) is 8.48. The van der Waals surface area contributed by atoms with Gasteiger partial charge >= 0.3 is 0 Å². The van der Waals surface area contributed by atoms with E-state index in [9.17, 15) is 15.0 Å². The molecule has 2 heterocycles. The van der Waals surface area contributed by atoms with E-state index in [1.165, 1.54) is 30.9 Å². The number of nitrogens with one attached hydrogen (secondary N) is 1. The van der Waals surface area contributed by atoms with Crippen LogP contribution in [0.25, 0.3) is 22.5 Å². The van der Waals surface area contributed by atoms with E-state index in [0.29, 0.717) is 35.4 Å². The van der Waals surface area contributed by atoms with Crippen LogP contribution in [0.1, 0.15) is 54.7 Å². The highest BCUT2D eigenvalue weighted by molar-refractivity contribution is 6.02. The molecule has 0 aliphatic carbocycles. The molecule has 0 unspecified atom stereocenters. The number of nitrogens with zero attached hydrogens (tertiary/aromatic N) is 2. The molecule has 174 valence electrons. The number of aromatic nitrogens is 1. The summed E-state index contributed by atoms with van der Waals surface area (Å²) in [5.74, 6) is -0.154. The van der Waals surface area contributed by atoms with Gasteiger partial charge in [-0.1, -0.05) is 42.8 Å². The fourth-order valence-electron chi connectivity index (χ4n) is 4.38. The van der Waals surface area contributed by atoms with E-state index < -0.39 is 0 Å². The van der Waals surface area contributed by atoms with Gasteiger partial charge in [0.25, 0.3) is 5.91 Å². The molecule has 1 fully saturated rings. The van der Waals surface area contributed by atoms with Gasteiger partial charge in [0.2, 0.25) is 0 Å². The summed E-state index contributed by atoms with van der Waals surface area (Å²) in [7, 11) is 0. The Kier molecular flexibility index (Phi) is 6.99. The smallest absolute Gasteiger partial charge is 0.274 e. The Morgan fingerprint density at radius 2 is 1.79 bits per heavy atom. The van der Waals surface area contributed by atoms with Crippen LogP contribution in [0.15, 0.2) is 40.9 Å². The fraction of sp³-hybridized carbons (Fsp3) is 0.385. The molecule has 1 aromatic heterocycles. The van der Waals surface area contributed by atoms with Gasteiger partial charge < -0.3 is 20.1 Å². The normalized spacial score (nSPS) is 14.4. The van der Waals surface area contributed by atoms with Gasteiger partial charge in [-0.05, 0) is 62.0 Å². The minimum atomic E-state index is -0.339. The van der Waals surface area contributed by atoms with Crippen molar-refractivity contribution in [2.75, 3.05) is 19.6 Å². The number of likely N-dealkylation sites (tertiary alicyclic amines) is 1. The lowest BCUT2D eigenvalue weighted by Crippen LogP contribution is -2.29. The molecule has 3 aromatic rings. The lowest BCUT2D eigenvalue weighted by Gasteiger charge is -2.26. The number of hydrogen-bond donors (Lipinski definition) is 3. The third-order valence-corrected chi connectivity index (χ3v) is 6.16. The average Bonchev–Trinajstić information content (AvgIpc) is 3.25. The number of carbonyl (C=O) groups is 1. The molecule has 2 aromatic carbocycles. The van der Waals surface area contributed by atoms with Crippen molar-refractivity contribution in [1.82, 2.24) is 15.4 Å². The van der Waals surface area contributed by atoms with Crippen molar-refractivity contribution in [2.24, 2.45) is 0 Å². The van der Waals surface area contributed by atoms with Crippen LogP contribution in [0.2, 0.25) is 0 Å². The van der Waals surface area contributed by atoms with Crippen LogP contribution in [0.3, 0.4) is 0 Å². The van der Waals surface area contributed by atoms with E-state index in [4.69, 9.17) is 4.52 Å². The van der Waals surface area contributed by atoms with Gasteiger partial charge in [-0.2, -0.15) is 0 Å². The van der Waals surface area contributed by atoms with Gasteiger partial charge in [0, 0.05) is 19.2 Å². The van der Waals surface area contributed by atoms with Crippen LogP contribution in [0.4, 0.5) is 0 Å². The first-order chi connectivity index (χ1) is 16.0. The molecule has 7 heteroatoms. The monoisotopic (exact) mass is 449 g/mol. The number of benzene rings is 2. The zero-order valence-corrected chi connectivity index (χ0v) is 19.2. The highest BCUT2D eigenvalue weighted by Gasteiger charge is 2.26. The largest absolute Gasteiger partial charge is 0.508 e. The number of phenols is 2. The zero-order chi connectivity index (χ0) is 23.4. The summed E-state index contributed by atoms with van der Waals surface area (Å²) in [4.78, 5) is 15.2. The number of amides is 1. The van der Waals surface area contributed by atoms with Crippen molar-refractivity contribution >= 4 is 5.91 Å². The maximum Gasteiger partial charge on any atom is 0.274 e. The number of rotatable bonds is 7. The summed E-state index contributed by atoms with van der Waals surface area (Å²) in [5, 5.41) is 27.5. The van der Waals surface area contributed by atoms with Crippen LogP contribution in [0, 0.1) is 0 Å². The number of carbonyl (C=O) groups excluding carboxylic acids is 1. The van der Waals surface area contributed by atoms with Crippen molar-refractivity contribution in [3.05, 3.63) is 53.2 Å². The van der Waals surface area contributed by atoms with E-state index in [2.05, 4.69) is 27.5 Å². The van der Waals surface area contributed by atoms with Gasteiger partial charge in [0.1, 0.15) is 11.5 Å². The minimum Gasteiger partial charge on any atom is -0.508 e. The molecule has 0 bridgehead atoms. The number of phenolic OH excluding ortho intramolecular Hbond substituents is 2. The molecular formula is C26H31N3O4. The third-order valence-electron chi connectivity index (χ3n) is 6.16. The second kappa shape index (κ2) is 10.1. The molecule has 1 saturated heterocycles. The van der Waals surface area contributed by atoms with Crippen molar-refractivity contribution in [2.45, 2.75) is 46.1 Å². The number of piperidine rings is 1. The summed E-state index contributed by atoms with van der Waals surface area (Å²) in [6, 6.07) is 11.0. The van der Waals surface area contributed by atoms with E-state index >= 15 is 0 Å². The molecule has 1 aliphatic heterocycles. The highest BCUT2D eigenvalue weighted by Crippen LogP contribution is 2.41. The van der Waals surface area contributed by atoms with Gasteiger partial charge in [0.05, 0.1) is 11.1 Å². The van der Waals surface area contributed by atoms with Crippen LogP contribution >= 0.6 is 0 Å². The van der Waals surface area contributed by atoms with Gasteiger partial charge in [0.15, 0.2) is 11.5 Å². The van der Waals surface area contributed by atoms with Crippen LogP contribution < -0.4 is 5.32 Å². The van der Waals surface area contributed by atoms with Crippen LogP contribution in [0.5, 0.6) is 11.5 Å². The average molecular weight is 450 g/mol. The number of hydrogen-bond acceptors (Lipinski definition) is 6. The summed E-state index contributed by atoms with van der Waals surface area (Å²) in [6.45, 7) is 7.36. The molecule has 4 rings (SSSR count). The van der Waals surface area contributed by atoms with Crippen molar-refractivity contribution in [1.29, 1.82) is 0 Å². The Morgan fingerprint density at radius 3 is 2.45 bits per heavy atom. The van der Waals surface area contributed by atoms with E-state index in [-0.39, 0.29) is 23.1 Å². The topological polar surface area (TPSA) is 98.8 Å². The molecule has 7 nitrogen and oxygen atoms in total. The Bertz CT molecular complexity index is 1120. The molecule has 3 N–H and O–H groups in total. The quantitative estimate of drug-likeness (QED) is 0.483. The first-order valence-corrected chi connectivity index (χ1v) is 11.7. The second-order valence-corrected chi connectivity index (χ2v) is 8.48. The molecule has 0 radical (unpaired) electrons. The lowest BCUT2D eigenvalue weighted by atomic mass is 9.96. The summed E-state index contributed by atoms with van der Waals surface area (Å²) < 4.78 is 5.61. The van der Waals surface area contributed by atoms with Crippen molar-refractivity contribution in [3.63, 3.8) is 0 Å². The Morgan fingerprint density at radius 1 is 1.06 bits per heavy atom. The Labute approximate surface area is 194 Å². The standard InChI is InChI=1S/C26H31N3O4/c1-3-18-14-20(22(31)15-21(18)30)25-23(24(28-33-25)26(32)27-4-2)19-10-8-17(9-11-19)16-29-12-6-5-7-13-29/h8-11,14-15,30-31H,3-7,12-13,16H2,1-2H3,(H,27,32). The van der Waals surface area contributed by atoms with E-state index in [0.717, 1.165) is 25.2 Å². The predicted octanol–water partition coefficient (Wildman–Crippen LogP) is 4.72. The molecule has 33 heavy (non-hydrogen) atoms. The van der Waals surface area contributed by atoms with E-state index in [1.54, 1.807) is 6.07 Å². The molecule has 0 atom stereocenters.